The fraction of sp³-hybridized carbons (Fsp3) is 0.500. The van der Waals surface area contributed by atoms with Crippen molar-refractivity contribution >= 4 is 27.3 Å². The highest BCUT2D eigenvalue weighted by Gasteiger charge is 2.23. The molecular weight excluding hydrogens is 242 g/mol. The SMILES string of the molecule is CC[C@@H]1CNc2cncc(Br)c2N1C. The lowest BCUT2D eigenvalue weighted by Crippen LogP contribution is -2.41. The molecule has 0 spiro atoms. The molecule has 0 bridgehead atoms. The lowest BCUT2D eigenvalue weighted by atomic mass is 10.1. The lowest BCUT2D eigenvalue weighted by molar-refractivity contribution is 0.621. The molecule has 0 saturated carbocycles. The van der Waals surface area contributed by atoms with Gasteiger partial charge in [-0.3, -0.25) is 4.98 Å². The summed E-state index contributed by atoms with van der Waals surface area (Å²) in [6.45, 7) is 3.21. The molecule has 1 atom stereocenters. The zero-order valence-electron chi connectivity index (χ0n) is 8.42. The molecule has 0 saturated heterocycles. The van der Waals surface area contributed by atoms with Crippen molar-refractivity contribution in [3.8, 4) is 0 Å². The topological polar surface area (TPSA) is 28.2 Å². The van der Waals surface area contributed by atoms with Gasteiger partial charge in [0.2, 0.25) is 0 Å². The fourth-order valence-electron chi connectivity index (χ4n) is 1.88. The van der Waals surface area contributed by atoms with E-state index in [2.05, 4.69) is 45.1 Å². The number of nitrogens with one attached hydrogen (secondary N) is 1. The van der Waals surface area contributed by atoms with Gasteiger partial charge in [0.25, 0.3) is 0 Å². The molecule has 2 heterocycles. The van der Waals surface area contributed by atoms with Crippen molar-refractivity contribution in [3.63, 3.8) is 0 Å². The number of likely N-dealkylation sites (N-methyl/N-ethyl adjacent to an activating group) is 1. The number of hydrogen-bond donors (Lipinski definition) is 1. The lowest BCUT2D eigenvalue weighted by Gasteiger charge is -2.36. The molecule has 0 aliphatic carbocycles. The second kappa shape index (κ2) is 3.77. The van der Waals surface area contributed by atoms with E-state index in [-0.39, 0.29) is 0 Å². The molecule has 0 aromatic carbocycles. The van der Waals surface area contributed by atoms with Crippen LogP contribution in [0.5, 0.6) is 0 Å². The average Bonchev–Trinajstić information content (AvgIpc) is 2.18. The monoisotopic (exact) mass is 255 g/mol. The van der Waals surface area contributed by atoms with Gasteiger partial charge >= 0.3 is 0 Å². The van der Waals surface area contributed by atoms with Crippen LogP contribution < -0.4 is 10.2 Å². The largest absolute Gasteiger partial charge is 0.380 e. The van der Waals surface area contributed by atoms with Crippen molar-refractivity contribution < 1.29 is 0 Å². The van der Waals surface area contributed by atoms with Crippen LogP contribution in [0.3, 0.4) is 0 Å². The van der Waals surface area contributed by atoms with E-state index in [0.717, 1.165) is 23.1 Å². The van der Waals surface area contributed by atoms with Gasteiger partial charge in [-0.1, -0.05) is 6.92 Å². The van der Waals surface area contributed by atoms with Crippen LogP contribution in [0.1, 0.15) is 13.3 Å². The van der Waals surface area contributed by atoms with Crippen molar-refractivity contribution in [2.75, 3.05) is 23.8 Å². The van der Waals surface area contributed by atoms with Crippen molar-refractivity contribution in [3.05, 3.63) is 16.9 Å². The van der Waals surface area contributed by atoms with E-state index < -0.39 is 0 Å². The third kappa shape index (κ3) is 1.47. The third-order valence-corrected chi connectivity index (χ3v) is 3.35. The maximum absolute atomic E-state index is 4.15. The van der Waals surface area contributed by atoms with Gasteiger partial charge < -0.3 is 10.2 Å². The molecule has 1 aromatic heterocycles. The minimum Gasteiger partial charge on any atom is -0.380 e. The summed E-state index contributed by atoms with van der Waals surface area (Å²) < 4.78 is 1.06. The van der Waals surface area contributed by atoms with Gasteiger partial charge in [0.1, 0.15) is 0 Å². The first-order chi connectivity index (χ1) is 6.74. The summed E-state index contributed by atoms with van der Waals surface area (Å²) in [4.78, 5) is 6.46. The maximum atomic E-state index is 4.15. The smallest absolute Gasteiger partial charge is 0.0778 e. The highest BCUT2D eigenvalue weighted by molar-refractivity contribution is 9.10. The summed E-state index contributed by atoms with van der Waals surface area (Å²) in [5, 5.41) is 3.40. The van der Waals surface area contributed by atoms with E-state index in [1.54, 1.807) is 0 Å². The third-order valence-electron chi connectivity index (χ3n) is 2.77. The number of pyridine rings is 1. The van der Waals surface area contributed by atoms with Crippen LogP contribution in [0.15, 0.2) is 16.9 Å². The van der Waals surface area contributed by atoms with Crippen LogP contribution in [0.4, 0.5) is 11.4 Å². The van der Waals surface area contributed by atoms with E-state index in [0.29, 0.717) is 6.04 Å². The number of hydrogen-bond acceptors (Lipinski definition) is 3. The van der Waals surface area contributed by atoms with Gasteiger partial charge in [-0.15, -0.1) is 0 Å². The second-order valence-electron chi connectivity index (χ2n) is 3.57. The summed E-state index contributed by atoms with van der Waals surface area (Å²) in [6, 6.07) is 0.571. The summed E-state index contributed by atoms with van der Waals surface area (Å²) >= 11 is 3.53. The van der Waals surface area contributed by atoms with Crippen LogP contribution in [0, 0.1) is 0 Å². The van der Waals surface area contributed by atoms with Crippen molar-refractivity contribution in [2.45, 2.75) is 19.4 Å². The molecule has 76 valence electrons. The summed E-state index contributed by atoms with van der Waals surface area (Å²) in [6.07, 6.45) is 4.87. The molecule has 0 fully saturated rings. The Morgan fingerprint density at radius 3 is 3.14 bits per heavy atom. The summed E-state index contributed by atoms with van der Waals surface area (Å²) in [7, 11) is 2.14. The van der Waals surface area contributed by atoms with Gasteiger partial charge in [0.15, 0.2) is 0 Å². The molecule has 0 unspecified atom stereocenters. The van der Waals surface area contributed by atoms with Gasteiger partial charge in [-0.05, 0) is 22.4 Å². The number of aromatic nitrogens is 1. The summed E-state index contributed by atoms with van der Waals surface area (Å²) in [5.41, 5.74) is 2.34. The Kier molecular flexibility index (Phi) is 2.63. The quantitative estimate of drug-likeness (QED) is 0.836. The highest BCUT2D eigenvalue weighted by Crippen LogP contribution is 2.36. The van der Waals surface area contributed by atoms with Crippen LogP contribution in [-0.2, 0) is 0 Å². The van der Waals surface area contributed by atoms with Gasteiger partial charge in [0.05, 0.1) is 22.0 Å². The molecule has 1 aromatic rings. The zero-order chi connectivity index (χ0) is 10.1. The zero-order valence-corrected chi connectivity index (χ0v) is 10.0. The highest BCUT2D eigenvalue weighted by atomic mass is 79.9. The van der Waals surface area contributed by atoms with E-state index in [1.165, 1.54) is 5.69 Å². The first kappa shape index (κ1) is 9.77. The first-order valence-corrected chi connectivity index (χ1v) is 5.63. The Labute approximate surface area is 92.6 Å². The molecule has 0 radical (unpaired) electrons. The van der Waals surface area contributed by atoms with Gasteiger partial charge in [-0.2, -0.15) is 0 Å². The predicted molar refractivity (Wildman–Crippen MR) is 62.9 cm³/mol. The maximum Gasteiger partial charge on any atom is 0.0778 e. The predicted octanol–water partition coefficient (Wildman–Crippen LogP) is 2.48. The number of fused-ring (bicyclic) bond motifs is 1. The number of halogens is 1. The molecule has 2 rings (SSSR count). The van der Waals surface area contributed by atoms with Crippen LogP contribution >= 0.6 is 15.9 Å². The average molecular weight is 256 g/mol. The Bertz CT molecular complexity index is 340. The van der Waals surface area contributed by atoms with Crippen molar-refractivity contribution in [2.24, 2.45) is 0 Å². The van der Waals surface area contributed by atoms with E-state index >= 15 is 0 Å². The molecular formula is C10H14BrN3. The Balaban J connectivity index is 2.43. The number of rotatable bonds is 1. The van der Waals surface area contributed by atoms with E-state index in [9.17, 15) is 0 Å². The van der Waals surface area contributed by atoms with Gasteiger partial charge in [0, 0.05) is 25.8 Å². The molecule has 1 aliphatic heterocycles. The van der Waals surface area contributed by atoms with Crippen LogP contribution in [-0.4, -0.2) is 24.6 Å². The van der Waals surface area contributed by atoms with Crippen molar-refractivity contribution in [1.29, 1.82) is 0 Å². The Morgan fingerprint density at radius 2 is 2.43 bits per heavy atom. The number of anilines is 2. The fourth-order valence-corrected chi connectivity index (χ4v) is 2.49. The molecule has 0 amide bonds. The Hall–Kier alpha value is -0.770. The van der Waals surface area contributed by atoms with E-state index in [4.69, 9.17) is 0 Å². The summed E-state index contributed by atoms with van der Waals surface area (Å²) in [5.74, 6) is 0. The molecule has 4 heteroatoms. The minimum atomic E-state index is 0.571. The van der Waals surface area contributed by atoms with Crippen LogP contribution in [0.2, 0.25) is 0 Å². The van der Waals surface area contributed by atoms with E-state index in [1.807, 2.05) is 12.4 Å². The molecule has 14 heavy (non-hydrogen) atoms. The first-order valence-electron chi connectivity index (χ1n) is 4.84. The normalized spacial score (nSPS) is 20.2. The second-order valence-corrected chi connectivity index (χ2v) is 4.43. The molecule has 1 N–H and O–H groups in total. The van der Waals surface area contributed by atoms with Crippen molar-refractivity contribution in [1.82, 2.24) is 4.98 Å². The molecule has 1 aliphatic rings. The van der Waals surface area contributed by atoms with Crippen LogP contribution in [0.25, 0.3) is 0 Å². The Morgan fingerprint density at radius 1 is 1.64 bits per heavy atom. The molecule has 3 nitrogen and oxygen atoms in total. The number of nitrogens with zero attached hydrogens (tertiary/aromatic N) is 2. The van der Waals surface area contributed by atoms with Gasteiger partial charge in [-0.25, -0.2) is 0 Å². The standard InChI is InChI=1S/C10H14BrN3/c1-3-7-4-13-9-6-12-5-8(11)10(9)14(7)2/h5-7,13H,3-4H2,1-2H3/t7-/m1/s1. The minimum absolute atomic E-state index is 0.571.